The van der Waals surface area contributed by atoms with Crippen molar-refractivity contribution in [1.82, 2.24) is 4.90 Å². The van der Waals surface area contributed by atoms with E-state index in [4.69, 9.17) is 10.5 Å². The number of aliphatic imine (C=N–C) groups is 1. The van der Waals surface area contributed by atoms with Crippen LogP contribution in [-0.2, 0) is 13.0 Å². The predicted octanol–water partition coefficient (Wildman–Crippen LogP) is 3.49. The van der Waals surface area contributed by atoms with Crippen LogP contribution in [0.5, 0.6) is 5.75 Å². The summed E-state index contributed by atoms with van der Waals surface area (Å²) < 4.78 is 5.15. The molecule has 3 rings (SSSR count). The number of hydrogen-bond donors (Lipinski definition) is 2. The minimum absolute atomic E-state index is 0. The average molecular weight is 466 g/mol. The fourth-order valence-corrected chi connectivity index (χ4v) is 3.10. The van der Waals surface area contributed by atoms with Crippen molar-refractivity contribution in [3.05, 3.63) is 59.7 Å². The first-order chi connectivity index (χ1) is 12.2. The quantitative estimate of drug-likeness (QED) is 0.403. The molecule has 0 radical (unpaired) electrons. The Bertz CT molecular complexity index is 733. The lowest BCUT2D eigenvalue weighted by Gasteiger charge is -2.33. The molecule has 2 aromatic carbocycles. The number of anilines is 1. The number of ether oxygens (including phenoxy) is 1. The van der Waals surface area contributed by atoms with Gasteiger partial charge in [-0.2, -0.15) is 0 Å². The molecule has 26 heavy (non-hydrogen) atoms. The first-order valence-electron chi connectivity index (χ1n) is 8.67. The molecule has 1 aliphatic rings. The lowest BCUT2D eigenvalue weighted by molar-refractivity contribution is 0.195. The van der Waals surface area contributed by atoms with Crippen molar-refractivity contribution in [3.8, 4) is 5.75 Å². The van der Waals surface area contributed by atoms with Gasteiger partial charge in [-0.3, -0.25) is 9.89 Å². The van der Waals surface area contributed by atoms with Crippen LogP contribution in [0.1, 0.15) is 18.1 Å². The summed E-state index contributed by atoms with van der Waals surface area (Å²) in [6.07, 6.45) is 1.10. The van der Waals surface area contributed by atoms with Crippen LogP contribution < -0.4 is 15.8 Å². The summed E-state index contributed by atoms with van der Waals surface area (Å²) in [4.78, 5) is 6.97. The van der Waals surface area contributed by atoms with E-state index in [-0.39, 0.29) is 24.0 Å². The summed E-state index contributed by atoms with van der Waals surface area (Å²) in [5, 5.41) is 3.12. The largest absolute Gasteiger partial charge is 0.497 e. The minimum atomic E-state index is 0. The summed E-state index contributed by atoms with van der Waals surface area (Å²) in [7, 11) is 1.65. The van der Waals surface area contributed by atoms with Crippen LogP contribution in [-0.4, -0.2) is 37.1 Å². The topological polar surface area (TPSA) is 62.9 Å². The maximum atomic E-state index is 6.02. The molecular formula is C20H27IN4O. The first-order valence-corrected chi connectivity index (χ1v) is 8.67. The van der Waals surface area contributed by atoms with E-state index in [2.05, 4.69) is 46.4 Å². The number of fused-ring (bicyclic) bond motifs is 1. The Morgan fingerprint density at radius 2 is 1.88 bits per heavy atom. The number of nitrogens with two attached hydrogens (primary N) is 1. The molecule has 5 nitrogen and oxygen atoms in total. The molecule has 2 aromatic rings. The molecule has 0 spiro atoms. The van der Waals surface area contributed by atoms with Crippen LogP contribution >= 0.6 is 24.0 Å². The number of guanidine groups is 1. The molecule has 0 aliphatic carbocycles. The number of benzene rings is 2. The lowest BCUT2D eigenvalue weighted by atomic mass is 9.99. The maximum Gasteiger partial charge on any atom is 0.193 e. The molecular weight excluding hydrogens is 439 g/mol. The van der Waals surface area contributed by atoms with Gasteiger partial charge in [0.25, 0.3) is 0 Å². The number of halogens is 1. The number of nitrogens with zero attached hydrogens (tertiary/aromatic N) is 2. The molecule has 0 fully saturated rings. The van der Waals surface area contributed by atoms with Gasteiger partial charge >= 0.3 is 0 Å². The zero-order chi connectivity index (χ0) is 17.6. The lowest BCUT2D eigenvalue weighted by Crippen LogP contribution is -2.39. The zero-order valence-corrected chi connectivity index (χ0v) is 17.6. The van der Waals surface area contributed by atoms with Gasteiger partial charge in [-0.05, 0) is 48.7 Å². The van der Waals surface area contributed by atoms with Crippen molar-refractivity contribution in [2.24, 2.45) is 10.7 Å². The number of rotatable bonds is 5. The molecule has 3 N–H and O–H groups in total. The van der Waals surface area contributed by atoms with E-state index in [0.717, 1.165) is 30.9 Å². The molecule has 140 valence electrons. The summed E-state index contributed by atoms with van der Waals surface area (Å²) in [5.41, 5.74) is 9.82. The van der Waals surface area contributed by atoms with Crippen molar-refractivity contribution in [2.75, 3.05) is 25.5 Å². The SMILES string of the molecule is COc1ccc(NC(N)=NCC(C)N2CCc3ccccc3C2)cc1.I. The Morgan fingerprint density at radius 1 is 1.19 bits per heavy atom. The number of nitrogens with one attached hydrogen (secondary N) is 1. The van der Waals surface area contributed by atoms with Gasteiger partial charge in [0, 0.05) is 24.8 Å². The molecule has 1 aliphatic heterocycles. The summed E-state index contributed by atoms with van der Waals surface area (Å²) in [6.45, 7) is 4.94. The molecule has 6 heteroatoms. The molecule has 1 heterocycles. The van der Waals surface area contributed by atoms with E-state index >= 15 is 0 Å². The van der Waals surface area contributed by atoms with Gasteiger partial charge in [-0.25, -0.2) is 0 Å². The molecule has 1 atom stereocenters. The van der Waals surface area contributed by atoms with Gasteiger partial charge in [-0.1, -0.05) is 24.3 Å². The second kappa shape index (κ2) is 9.78. The fraction of sp³-hybridized carbons (Fsp3) is 0.350. The Balaban J connectivity index is 0.00000243. The van der Waals surface area contributed by atoms with E-state index in [1.807, 2.05) is 24.3 Å². The number of methoxy groups -OCH3 is 1. The van der Waals surface area contributed by atoms with Crippen molar-refractivity contribution < 1.29 is 4.74 Å². The van der Waals surface area contributed by atoms with Crippen molar-refractivity contribution in [1.29, 1.82) is 0 Å². The van der Waals surface area contributed by atoms with Gasteiger partial charge in [0.1, 0.15) is 5.75 Å². The monoisotopic (exact) mass is 466 g/mol. The second-order valence-electron chi connectivity index (χ2n) is 6.42. The predicted molar refractivity (Wildman–Crippen MR) is 119 cm³/mol. The third-order valence-electron chi connectivity index (χ3n) is 4.67. The highest BCUT2D eigenvalue weighted by molar-refractivity contribution is 14.0. The second-order valence-corrected chi connectivity index (χ2v) is 6.42. The Morgan fingerprint density at radius 3 is 2.58 bits per heavy atom. The average Bonchev–Trinajstić information content (AvgIpc) is 2.66. The fourth-order valence-electron chi connectivity index (χ4n) is 3.10. The van der Waals surface area contributed by atoms with Gasteiger partial charge < -0.3 is 15.8 Å². The van der Waals surface area contributed by atoms with E-state index in [0.29, 0.717) is 18.5 Å². The molecule has 0 amide bonds. The van der Waals surface area contributed by atoms with Crippen LogP contribution in [0.15, 0.2) is 53.5 Å². The zero-order valence-electron chi connectivity index (χ0n) is 15.3. The third-order valence-corrected chi connectivity index (χ3v) is 4.67. The molecule has 0 bridgehead atoms. The Kier molecular flexibility index (Phi) is 7.71. The molecule has 0 saturated carbocycles. The molecule has 1 unspecified atom stereocenters. The number of hydrogen-bond acceptors (Lipinski definition) is 3. The van der Waals surface area contributed by atoms with Crippen LogP contribution in [0.3, 0.4) is 0 Å². The van der Waals surface area contributed by atoms with E-state index in [1.165, 1.54) is 11.1 Å². The highest BCUT2D eigenvalue weighted by atomic mass is 127. The summed E-state index contributed by atoms with van der Waals surface area (Å²) >= 11 is 0. The van der Waals surface area contributed by atoms with Gasteiger partial charge in [-0.15, -0.1) is 24.0 Å². The van der Waals surface area contributed by atoms with Crippen molar-refractivity contribution in [3.63, 3.8) is 0 Å². The van der Waals surface area contributed by atoms with Crippen molar-refractivity contribution >= 4 is 35.6 Å². The molecule has 0 aromatic heterocycles. The van der Waals surface area contributed by atoms with Crippen LogP contribution in [0.25, 0.3) is 0 Å². The molecule has 0 saturated heterocycles. The van der Waals surface area contributed by atoms with E-state index in [1.54, 1.807) is 7.11 Å². The first kappa shape index (κ1) is 20.5. The van der Waals surface area contributed by atoms with Crippen LogP contribution in [0.2, 0.25) is 0 Å². The van der Waals surface area contributed by atoms with Gasteiger partial charge in [0.15, 0.2) is 5.96 Å². The third kappa shape index (κ3) is 5.35. The smallest absolute Gasteiger partial charge is 0.193 e. The van der Waals surface area contributed by atoms with Crippen molar-refractivity contribution in [2.45, 2.75) is 25.9 Å². The summed E-state index contributed by atoms with van der Waals surface area (Å²) in [5.74, 6) is 1.26. The maximum absolute atomic E-state index is 6.02. The van der Waals surface area contributed by atoms with E-state index in [9.17, 15) is 0 Å². The summed E-state index contributed by atoms with van der Waals surface area (Å²) in [6, 6.07) is 16.7. The van der Waals surface area contributed by atoms with Gasteiger partial charge in [0.05, 0.1) is 13.7 Å². The standard InChI is InChI=1S/C20H26N4O.HI/c1-15(24-12-11-16-5-3-4-6-17(16)14-24)13-22-20(21)23-18-7-9-19(25-2)10-8-18;/h3-10,15H,11-14H2,1-2H3,(H3,21,22,23);1H. The highest BCUT2D eigenvalue weighted by Gasteiger charge is 2.19. The van der Waals surface area contributed by atoms with Crippen LogP contribution in [0, 0.1) is 0 Å². The minimum Gasteiger partial charge on any atom is -0.497 e. The van der Waals surface area contributed by atoms with E-state index < -0.39 is 0 Å². The van der Waals surface area contributed by atoms with Gasteiger partial charge in [0.2, 0.25) is 0 Å². The Hall–Kier alpha value is -1.80. The Labute approximate surface area is 172 Å². The van der Waals surface area contributed by atoms with Crippen LogP contribution in [0.4, 0.5) is 5.69 Å². The highest BCUT2D eigenvalue weighted by Crippen LogP contribution is 2.20. The normalized spacial score (nSPS) is 15.5.